The van der Waals surface area contributed by atoms with Crippen LogP contribution in [0.4, 0.5) is 4.39 Å². The number of hydrogen-bond donors (Lipinski definition) is 0. The van der Waals surface area contributed by atoms with Crippen LogP contribution in [-0.4, -0.2) is 9.55 Å². The number of aromatic nitrogens is 2. The zero-order valence-corrected chi connectivity index (χ0v) is 8.03. The van der Waals surface area contributed by atoms with E-state index in [0.717, 1.165) is 18.7 Å². The number of hydrogen-bond acceptors (Lipinski definition) is 2. The van der Waals surface area contributed by atoms with Crippen LogP contribution in [0.3, 0.4) is 0 Å². The van der Waals surface area contributed by atoms with Crippen molar-refractivity contribution in [3.05, 3.63) is 40.2 Å². The standard InChI is InChI=1S/C11H9FN2O/c12-7-3-1-4-8-10(7)11(15)14-6-2-5-9(14)13-8/h1,3-4H,2,5-6H2. The molecule has 0 spiro atoms. The Kier molecular flexibility index (Phi) is 1.65. The summed E-state index contributed by atoms with van der Waals surface area (Å²) in [6.07, 6.45) is 1.72. The van der Waals surface area contributed by atoms with E-state index in [2.05, 4.69) is 4.98 Å². The first-order valence-corrected chi connectivity index (χ1v) is 4.95. The highest BCUT2D eigenvalue weighted by Crippen LogP contribution is 2.16. The number of benzene rings is 1. The summed E-state index contributed by atoms with van der Waals surface area (Å²) >= 11 is 0. The summed E-state index contributed by atoms with van der Waals surface area (Å²) in [4.78, 5) is 16.2. The van der Waals surface area contributed by atoms with Crippen molar-refractivity contribution in [2.45, 2.75) is 19.4 Å². The summed E-state index contributed by atoms with van der Waals surface area (Å²) in [5.74, 6) is 0.297. The monoisotopic (exact) mass is 204 g/mol. The van der Waals surface area contributed by atoms with Crippen molar-refractivity contribution in [1.82, 2.24) is 9.55 Å². The molecule has 2 heterocycles. The highest BCUT2D eigenvalue weighted by molar-refractivity contribution is 5.78. The molecule has 1 aliphatic rings. The Hall–Kier alpha value is -1.71. The molecule has 2 aromatic rings. The summed E-state index contributed by atoms with van der Waals surface area (Å²) in [5.41, 5.74) is 0.221. The molecule has 1 aliphatic heterocycles. The van der Waals surface area contributed by atoms with Crippen molar-refractivity contribution in [2.24, 2.45) is 0 Å². The van der Waals surface area contributed by atoms with E-state index in [-0.39, 0.29) is 10.9 Å². The normalized spacial score (nSPS) is 14.5. The first-order chi connectivity index (χ1) is 7.27. The lowest BCUT2D eigenvalue weighted by Crippen LogP contribution is -2.21. The van der Waals surface area contributed by atoms with Gasteiger partial charge in [0.25, 0.3) is 5.56 Å². The van der Waals surface area contributed by atoms with Crippen molar-refractivity contribution < 1.29 is 4.39 Å². The first-order valence-electron chi connectivity index (χ1n) is 4.95. The molecule has 0 saturated heterocycles. The number of nitrogens with zero attached hydrogens (tertiary/aromatic N) is 2. The Bertz CT molecular complexity index is 603. The summed E-state index contributed by atoms with van der Waals surface area (Å²) < 4.78 is 15.0. The predicted molar refractivity (Wildman–Crippen MR) is 54.3 cm³/mol. The molecule has 0 unspecified atom stereocenters. The number of halogens is 1. The average Bonchev–Trinajstić information content (AvgIpc) is 2.66. The van der Waals surface area contributed by atoms with Gasteiger partial charge in [0.15, 0.2) is 0 Å². The average molecular weight is 204 g/mol. The Morgan fingerprint density at radius 3 is 3.13 bits per heavy atom. The van der Waals surface area contributed by atoms with Crippen LogP contribution in [0.25, 0.3) is 10.9 Å². The number of aryl methyl sites for hydroxylation is 1. The number of fused-ring (bicyclic) bond motifs is 2. The van der Waals surface area contributed by atoms with E-state index in [1.807, 2.05) is 0 Å². The highest BCUT2D eigenvalue weighted by atomic mass is 19.1. The van der Waals surface area contributed by atoms with Crippen LogP contribution in [-0.2, 0) is 13.0 Å². The van der Waals surface area contributed by atoms with Crippen LogP contribution in [0.2, 0.25) is 0 Å². The lowest BCUT2D eigenvalue weighted by Gasteiger charge is -2.04. The van der Waals surface area contributed by atoms with Gasteiger partial charge in [0.2, 0.25) is 0 Å². The zero-order valence-electron chi connectivity index (χ0n) is 8.03. The van der Waals surface area contributed by atoms with Gasteiger partial charge in [0.05, 0.1) is 5.52 Å². The van der Waals surface area contributed by atoms with Crippen LogP contribution in [0.1, 0.15) is 12.2 Å². The fourth-order valence-corrected chi connectivity index (χ4v) is 2.09. The van der Waals surface area contributed by atoms with E-state index in [9.17, 15) is 9.18 Å². The van der Waals surface area contributed by atoms with E-state index in [0.29, 0.717) is 12.1 Å². The lowest BCUT2D eigenvalue weighted by atomic mass is 10.2. The van der Waals surface area contributed by atoms with Gasteiger partial charge < -0.3 is 0 Å². The maximum Gasteiger partial charge on any atom is 0.264 e. The minimum Gasteiger partial charge on any atom is -0.296 e. The van der Waals surface area contributed by atoms with Crippen LogP contribution in [0.5, 0.6) is 0 Å². The molecular weight excluding hydrogens is 195 g/mol. The van der Waals surface area contributed by atoms with Gasteiger partial charge in [-0.2, -0.15) is 0 Å². The summed E-state index contributed by atoms with van der Waals surface area (Å²) in [7, 11) is 0. The summed E-state index contributed by atoms with van der Waals surface area (Å²) in [6, 6.07) is 4.56. The molecule has 1 aromatic carbocycles. The minimum atomic E-state index is -0.479. The van der Waals surface area contributed by atoms with E-state index in [1.54, 1.807) is 16.7 Å². The summed E-state index contributed by atoms with van der Waals surface area (Å²) in [5, 5.41) is 0.114. The van der Waals surface area contributed by atoms with E-state index in [1.165, 1.54) is 6.07 Å². The molecular formula is C11H9FN2O. The Balaban J connectivity index is 2.53. The molecule has 0 bridgehead atoms. The van der Waals surface area contributed by atoms with Gasteiger partial charge in [0.1, 0.15) is 17.0 Å². The van der Waals surface area contributed by atoms with Gasteiger partial charge in [-0.3, -0.25) is 9.36 Å². The van der Waals surface area contributed by atoms with Crippen LogP contribution < -0.4 is 5.56 Å². The largest absolute Gasteiger partial charge is 0.296 e. The molecule has 0 fully saturated rings. The first kappa shape index (κ1) is 8.59. The Labute approximate surface area is 85.2 Å². The van der Waals surface area contributed by atoms with Gasteiger partial charge in [-0.05, 0) is 18.6 Å². The summed E-state index contributed by atoms with van der Waals surface area (Å²) in [6.45, 7) is 0.658. The predicted octanol–water partition coefficient (Wildman–Crippen LogP) is 1.48. The molecule has 0 saturated carbocycles. The molecule has 4 heteroatoms. The fraction of sp³-hybridized carbons (Fsp3) is 0.273. The topological polar surface area (TPSA) is 34.9 Å². The SMILES string of the molecule is O=c1c2c(F)cccc2nc2n1CCC2. The van der Waals surface area contributed by atoms with Crippen LogP contribution in [0, 0.1) is 5.82 Å². The van der Waals surface area contributed by atoms with Crippen molar-refractivity contribution in [3.8, 4) is 0 Å². The third-order valence-electron chi connectivity index (χ3n) is 2.79. The molecule has 0 radical (unpaired) electrons. The van der Waals surface area contributed by atoms with E-state index < -0.39 is 5.82 Å². The second-order valence-corrected chi connectivity index (χ2v) is 3.72. The van der Waals surface area contributed by atoms with Gasteiger partial charge in [-0.25, -0.2) is 9.37 Å². The van der Waals surface area contributed by atoms with Crippen LogP contribution in [0.15, 0.2) is 23.0 Å². The van der Waals surface area contributed by atoms with Crippen molar-refractivity contribution >= 4 is 10.9 Å². The van der Waals surface area contributed by atoms with E-state index >= 15 is 0 Å². The van der Waals surface area contributed by atoms with Gasteiger partial charge >= 0.3 is 0 Å². The molecule has 15 heavy (non-hydrogen) atoms. The van der Waals surface area contributed by atoms with Crippen molar-refractivity contribution in [2.75, 3.05) is 0 Å². The molecule has 76 valence electrons. The molecule has 3 rings (SSSR count). The smallest absolute Gasteiger partial charge is 0.264 e. The molecule has 0 atom stereocenters. The third-order valence-corrected chi connectivity index (χ3v) is 2.79. The van der Waals surface area contributed by atoms with E-state index in [4.69, 9.17) is 0 Å². The Morgan fingerprint density at radius 1 is 1.40 bits per heavy atom. The Morgan fingerprint density at radius 2 is 2.27 bits per heavy atom. The maximum atomic E-state index is 13.5. The lowest BCUT2D eigenvalue weighted by molar-refractivity contribution is 0.633. The van der Waals surface area contributed by atoms with Gasteiger partial charge in [-0.1, -0.05) is 6.07 Å². The second-order valence-electron chi connectivity index (χ2n) is 3.72. The van der Waals surface area contributed by atoms with Gasteiger partial charge in [-0.15, -0.1) is 0 Å². The zero-order chi connectivity index (χ0) is 10.4. The molecule has 3 nitrogen and oxygen atoms in total. The fourth-order valence-electron chi connectivity index (χ4n) is 2.09. The number of rotatable bonds is 0. The van der Waals surface area contributed by atoms with Crippen LogP contribution >= 0.6 is 0 Å². The highest BCUT2D eigenvalue weighted by Gasteiger charge is 2.17. The third kappa shape index (κ3) is 1.11. The minimum absolute atomic E-state index is 0.114. The molecule has 0 aliphatic carbocycles. The molecule has 0 amide bonds. The van der Waals surface area contributed by atoms with Crippen molar-refractivity contribution in [3.63, 3.8) is 0 Å². The maximum absolute atomic E-state index is 13.5. The molecule has 1 aromatic heterocycles. The second kappa shape index (κ2) is 2.89. The van der Waals surface area contributed by atoms with Gasteiger partial charge in [0, 0.05) is 13.0 Å². The quantitative estimate of drug-likeness (QED) is 0.651. The molecule has 0 N–H and O–H groups in total. The van der Waals surface area contributed by atoms with Crippen molar-refractivity contribution in [1.29, 1.82) is 0 Å².